The van der Waals surface area contributed by atoms with Crippen molar-refractivity contribution in [1.29, 1.82) is 0 Å². The molecule has 0 unspecified atom stereocenters. The van der Waals surface area contributed by atoms with Crippen LogP contribution in [-0.4, -0.2) is 7.05 Å². The Kier molecular flexibility index (Phi) is 11.6. The minimum Gasteiger partial charge on any atom is -0.687 e. The second-order valence-corrected chi connectivity index (χ2v) is 1.56. The van der Waals surface area contributed by atoms with E-state index in [2.05, 4.69) is 5.32 Å². The standard InChI is InChI=1S/C7H8N.C2H6.Ru/c1-8-7-5-3-2-4-6-7;1-2;/h2-6H,1H3;1-2H3;/q-1;;+1. The first-order valence-corrected chi connectivity index (χ1v) is 3.58. The first-order valence-electron chi connectivity index (χ1n) is 3.58. The molecule has 1 aromatic carbocycles. The van der Waals surface area contributed by atoms with Crippen LogP contribution in [0.2, 0.25) is 0 Å². The van der Waals surface area contributed by atoms with Crippen molar-refractivity contribution in [3.05, 3.63) is 35.6 Å². The van der Waals surface area contributed by atoms with Crippen LogP contribution in [0.15, 0.2) is 30.3 Å². The van der Waals surface area contributed by atoms with E-state index in [1.165, 1.54) is 0 Å². The Morgan fingerprint density at radius 1 is 1.00 bits per heavy atom. The Labute approximate surface area is 82.0 Å². The maximum absolute atomic E-state index is 3.97. The molecule has 0 atom stereocenters. The van der Waals surface area contributed by atoms with Gasteiger partial charge in [0.15, 0.2) is 0 Å². The van der Waals surface area contributed by atoms with Gasteiger partial charge in [-0.15, -0.1) is 12.7 Å². The monoisotopic (exact) mass is 238 g/mol. The van der Waals surface area contributed by atoms with Crippen LogP contribution in [0.1, 0.15) is 13.8 Å². The summed E-state index contributed by atoms with van der Waals surface area (Å²) in [5.41, 5.74) is 1.03. The van der Waals surface area contributed by atoms with E-state index in [1.54, 1.807) is 7.05 Å². The van der Waals surface area contributed by atoms with Crippen molar-refractivity contribution in [2.45, 2.75) is 13.8 Å². The Bertz CT molecular complexity index is 151. The fourth-order valence-corrected chi connectivity index (χ4v) is 0.577. The van der Waals surface area contributed by atoms with Gasteiger partial charge in [0.05, 0.1) is 0 Å². The Balaban J connectivity index is 0. The predicted molar refractivity (Wildman–Crippen MR) is 46.7 cm³/mol. The zero-order valence-corrected chi connectivity index (χ0v) is 8.93. The molecule has 0 aliphatic carbocycles. The van der Waals surface area contributed by atoms with E-state index in [4.69, 9.17) is 0 Å². The van der Waals surface area contributed by atoms with Crippen LogP contribution in [0.25, 0.3) is 5.32 Å². The average Bonchev–Trinajstić information content (AvgIpc) is 2.10. The van der Waals surface area contributed by atoms with Crippen molar-refractivity contribution in [3.8, 4) is 0 Å². The van der Waals surface area contributed by atoms with E-state index < -0.39 is 0 Å². The number of nitrogens with zero attached hydrogens (tertiary/aromatic N) is 1. The van der Waals surface area contributed by atoms with Crippen LogP contribution in [-0.2, 0) is 19.5 Å². The topological polar surface area (TPSA) is 14.1 Å². The van der Waals surface area contributed by atoms with Crippen LogP contribution in [0.3, 0.4) is 0 Å². The van der Waals surface area contributed by atoms with Crippen molar-refractivity contribution in [1.82, 2.24) is 0 Å². The van der Waals surface area contributed by atoms with Crippen molar-refractivity contribution < 1.29 is 19.5 Å². The van der Waals surface area contributed by atoms with E-state index in [9.17, 15) is 0 Å². The fraction of sp³-hybridized carbons (Fsp3) is 0.333. The Hall–Kier alpha value is -0.357. The average molecular weight is 237 g/mol. The van der Waals surface area contributed by atoms with Gasteiger partial charge in [-0.2, -0.15) is 0 Å². The van der Waals surface area contributed by atoms with Gasteiger partial charge in [0.1, 0.15) is 0 Å². The third-order valence-corrected chi connectivity index (χ3v) is 1.01. The molecule has 0 N–H and O–H groups in total. The minimum absolute atomic E-state index is 0. The fourth-order valence-electron chi connectivity index (χ4n) is 0.577. The van der Waals surface area contributed by atoms with Gasteiger partial charge >= 0.3 is 19.5 Å². The molecule has 0 heterocycles. The summed E-state index contributed by atoms with van der Waals surface area (Å²) < 4.78 is 0. The molecule has 63 valence electrons. The number of hydrogen-bond donors (Lipinski definition) is 0. The molecular formula is C9H14NRu. The summed E-state index contributed by atoms with van der Waals surface area (Å²) in [4.78, 5) is 0. The SMILES string of the molecule is CC.C[N-]c1ccccc1.[Ru+]. The third-order valence-electron chi connectivity index (χ3n) is 1.01. The molecule has 0 aromatic heterocycles. The van der Waals surface area contributed by atoms with Crippen LogP contribution in [0.4, 0.5) is 5.69 Å². The smallest absolute Gasteiger partial charge is 0.687 e. The molecule has 2 heteroatoms. The van der Waals surface area contributed by atoms with Crippen molar-refractivity contribution in [2.75, 3.05) is 7.05 Å². The van der Waals surface area contributed by atoms with E-state index >= 15 is 0 Å². The minimum atomic E-state index is 0. The zero-order valence-electron chi connectivity index (χ0n) is 7.19. The van der Waals surface area contributed by atoms with Gasteiger partial charge < -0.3 is 5.32 Å². The molecule has 0 bridgehead atoms. The summed E-state index contributed by atoms with van der Waals surface area (Å²) in [6, 6.07) is 9.87. The summed E-state index contributed by atoms with van der Waals surface area (Å²) in [6.07, 6.45) is 0. The van der Waals surface area contributed by atoms with E-state index in [1.807, 2.05) is 44.2 Å². The van der Waals surface area contributed by atoms with Crippen molar-refractivity contribution in [3.63, 3.8) is 0 Å². The number of hydrogen-bond acceptors (Lipinski definition) is 0. The first-order chi connectivity index (χ1) is 4.93. The molecule has 1 aromatic rings. The molecule has 11 heavy (non-hydrogen) atoms. The molecule has 0 saturated heterocycles. The molecule has 0 aliphatic heterocycles. The summed E-state index contributed by atoms with van der Waals surface area (Å²) >= 11 is 0. The molecule has 1 nitrogen and oxygen atoms in total. The largest absolute Gasteiger partial charge is 1.00 e. The molecule has 0 amide bonds. The molecule has 1 rings (SSSR count). The predicted octanol–water partition coefficient (Wildman–Crippen LogP) is 3.35. The van der Waals surface area contributed by atoms with E-state index in [-0.39, 0.29) is 19.5 Å². The third kappa shape index (κ3) is 6.06. The van der Waals surface area contributed by atoms with Gasteiger partial charge in [-0.1, -0.05) is 44.2 Å². The molecule has 0 spiro atoms. The quantitative estimate of drug-likeness (QED) is 0.665. The second-order valence-electron chi connectivity index (χ2n) is 1.56. The van der Waals surface area contributed by atoms with Crippen LogP contribution in [0.5, 0.6) is 0 Å². The molecule has 0 aliphatic rings. The van der Waals surface area contributed by atoms with Gasteiger partial charge in [-0.05, 0) is 0 Å². The van der Waals surface area contributed by atoms with Gasteiger partial charge in [0, 0.05) is 0 Å². The Morgan fingerprint density at radius 3 is 1.73 bits per heavy atom. The van der Waals surface area contributed by atoms with Crippen molar-refractivity contribution in [2.24, 2.45) is 0 Å². The van der Waals surface area contributed by atoms with Crippen LogP contribution < -0.4 is 0 Å². The maximum atomic E-state index is 3.97. The molecule has 1 radical (unpaired) electrons. The zero-order chi connectivity index (χ0) is 7.82. The van der Waals surface area contributed by atoms with Crippen LogP contribution >= 0.6 is 0 Å². The number of benzene rings is 1. The Morgan fingerprint density at radius 2 is 1.45 bits per heavy atom. The normalized spacial score (nSPS) is 6.82. The number of rotatable bonds is 1. The summed E-state index contributed by atoms with van der Waals surface area (Å²) in [5, 5.41) is 3.97. The molecule has 0 fully saturated rings. The van der Waals surface area contributed by atoms with Crippen LogP contribution in [0, 0.1) is 0 Å². The molecular weight excluding hydrogens is 223 g/mol. The summed E-state index contributed by atoms with van der Waals surface area (Å²) in [6.45, 7) is 4.00. The van der Waals surface area contributed by atoms with E-state index in [0.717, 1.165) is 5.69 Å². The van der Waals surface area contributed by atoms with Gasteiger partial charge in [-0.25, -0.2) is 0 Å². The number of para-hydroxylation sites is 1. The maximum Gasteiger partial charge on any atom is 1.00 e. The second kappa shape index (κ2) is 9.64. The van der Waals surface area contributed by atoms with Gasteiger partial charge in [-0.3, -0.25) is 0 Å². The van der Waals surface area contributed by atoms with Crippen molar-refractivity contribution >= 4 is 5.69 Å². The first kappa shape index (κ1) is 13.2. The summed E-state index contributed by atoms with van der Waals surface area (Å²) in [5.74, 6) is 0. The summed E-state index contributed by atoms with van der Waals surface area (Å²) in [7, 11) is 1.79. The van der Waals surface area contributed by atoms with Gasteiger partial charge in [0.2, 0.25) is 0 Å². The van der Waals surface area contributed by atoms with Gasteiger partial charge in [0.25, 0.3) is 0 Å². The van der Waals surface area contributed by atoms with E-state index in [0.29, 0.717) is 0 Å². The molecule has 0 saturated carbocycles.